The van der Waals surface area contributed by atoms with Crippen LogP contribution < -0.4 is 5.32 Å². The van der Waals surface area contributed by atoms with Gasteiger partial charge >= 0.3 is 0 Å². The minimum absolute atomic E-state index is 0.0118. The van der Waals surface area contributed by atoms with Gasteiger partial charge in [0.25, 0.3) is 0 Å². The summed E-state index contributed by atoms with van der Waals surface area (Å²) in [6, 6.07) is 0. The molecule has 138 valence electrons. The van der Waals surface area contributed by atoms with Gasteiger partial charge < -0.3 is 10.2 Å². The van der Waals surface area contributed by atoms with E-state index in [2.05, 4.69) is 15.3 Å². The molecule has 1 fully saturated rings. The third-order valence-corrected chi connectivity index (χ3v) is 4.58. The lowest BCUT2D eigenvalue weighted by atomic mass is 10.2. The number of carbonyl (C=O) groups excluding carboxylic acids is 2. The van der Waals surface area contributed by atoms with Crippen molar-refractivity contribution < 1.29 is 9.59 Å². The van der Waals surface area contributed by atoms with E-state index in [0.29, 0.717) is 19.6 Å². The van der Waals surface area contributed by atoms with Crippen LogP contribution >= 0.6 is 0 Å². The number of rotatable bonds is 6. The highest BCUT2D eigenvalue weighted by atomic mass is 16.2. The summed E-state index contributed by atoms with van der Waals surface area (Å²) >= 11 is 0. The monoisotopic (exact) mass is 347 g/mol. The maximum atomic E-state index is 12.4. The Balaban J connectivity index is 1.83. The van der Waals surface area contributed by atoms with Crippen LogP contribution in [0.4, 0.5) is 0 Å². The van der Waals surface area contributed by atoms with E-state index in [4.69, 9.17) is 0 Å². The van der Waals surface area contributed by atoms with Gasteiger partial charge in [-0.2, -0.15) is 5.10 Å². The van der Waals surface area contributed by atoms with Crippen LogP contribution in [0.3, 0.4) is 0 Å². The molecule has 0 radical (unpaired) electrons. The first-order valence-corrected chi connectivity index (χ1v) is 8.88. The van der Waals surface area contributed by atoms with E-state index in [1.165, 1.54) is 0 Å². The maximum Gasteiger partial charge on any atom is 0.246 e. The Kier molecular flexibility index (Phi) is 6.75. The molecule has 25 heavy (non-hydrogen) atoms. The SMILES string of the molecule is CCCNC(=O)CN1CCN(C(=O)/C=C/c2c(C)nn(C)c2C)CC1. The van der Waals surface area contributed by atoms with E-state index in [0.717, 1.165) is 43.0 Å². The fraction of sp³-hybridized carbons (Fsp3) is 0.611. The minimum atomic E-state index is 0.0118. The smallest absolute Gasteiger partial charge is 0.246 e. The molecular formula is C18H29N5O2. The number of hydrogen-bond acceptors (Lipinski definition) is 4. The van der Waals surface area contributed by atoms with Crippen molar-refractivity contribution in [1.82, 2.24) is 24.9 Å². The predicted octanol–water partition coefficient (Wildman–Crippen LogP) is 0.721. The molecule has 1 aliphatic heterocycles. The van der Waals surface area contributed by atoms with Crippen LogP contribution in [-0.4, -0.2) is 70.7 Å². The summed E-state index contributed by atoms with van der Waals surface area (Å²) < 4.78 is 1.82. The number of hydrogen-bond donors (Lipinski definition) is 1. The van der Waals surface area contributed by atoms with Gasteiger partial charge in [0.05, 0.1) is 12.2 Å². The molecule has 1 saturated heterocycles. The molecule has 0 bridgehead atoms. The number of carbonyl (C=O) groups is 2. The Labute approximate surface area is 149 Å². The Bertz CT molecular complexity index is 642. The summed E-state index contributed by atoms with van der Waals surface area (Å²) in [4.78, 5) is 28.1. The molecule has 2 amide bonds. The Morgan fingerprint density at radius 2 is 1.88 bits per heavy atom. The van der Waals surface area contributed by atoms with Crippen LogP contribution in [0.25, 0.3) is 6.08 Å². The molecule has 0 unspecified atom stereocenters. The summed E-state index contributed by atoms with van der Waals surface area (Å²) in [6.45, 7) is 9.85. The normalized spacial score (nSPS) is 15.8. The zero-order chi connectivity index (χ0) is 18.4. The van der Waals surface area contributed by atoms with Gasteiger partial charge in [0.15, 0.2) is 0 Å². The topological polar surface area (TPSA) is 70.5 Å². The van der Waals surface area contributed by atoms with Gasteiger partial charge in [-0.05, 0) is 26.3 Å². The zero-order valence-corrected chi connectivity index (χ0v) is 15.7. The van der Waals surface area contributed by atoms with E-state index in [-0.39, 0.29) is 11.8 Å². The fourth-order valence-corrected chi connectivity index (χ4v) is 2.94. The summed E-state index contributed by atoms with van der Waals surface area (Å²) in [5.74, 6) is 0.0711. The van der Waals surface area contributed by atoms with Crippen molar-refractivity contribution in [1.29, 1.82) is 0 Å². The second kappa shape index (κ2) is 8.80. The van der Waals surface area contributed by atoms with Gasteiger partial charge in [0.2, 0.25) is 11.8 Å². The van der Waals surface area contributed by atoms with Gasteiger partial charge in [-0.3, -0.25) is 19.2 Å². The van der Waals surface area contributed by atoms with Crippen LogP contribution in [0.2, 0.25) is 0 Å². The molecule has 0 spiro atoms. The quantitative estimate of drug-likeness (QED) is 0.770. The molecule has 7 heteroatoms. The standard InChI is InChI=1S/C18H29N5O2/c1-5-8-19-17(24)13-22-9-11-23(12-10-22)18(25)7-6-16-14(2)20-21(4)15(16)3/h6-7H,5,8-13H2,1-4H3,(H,19,24)/b7-6+. The molecule has 0 atom stereocenters. The van der Waals surface area contributed by atoms with Gasteiger partial charge in [0, 0.05) is 57.1 Å². The van der Waals surface area contributed by atoms with Gasteiger partial charge in [-0.1, -0.05) is 6.92 Å². The Morgan fingerprint density at radius 3 is 2.44 bits per heavy atom. The highest BCUT2D eigenvalue weighted by Crippen LogP contribution is 2.14. The lowest BCUT2D eigenvalue weighted by molar-refractivity contribution is -0.128. The fourth-order valence-electron chi connectivity index (χ4n) is 2.94. The van der Waals surface area contributed by atoms with E-state index in [1.807, 2.05) is 43.5 Å². The molecule has 1 N–H and O–H groups in total. The number of amides is 2. The molecule has 1 aromatic heterocycles. The lowest BCUT2D eigenvalue weighted by Gasteiger charge is -2.33. The second-order valence-corrected chi connectivity index (χ2v) is 6.49. The van der Waals surface area contributed by atoms with E-state index in [9.17, 15) is 9.59 Å². The van der Waals surface area contributed by atoms with Gasteiger partial charge in [-0.15, -0.1) is 0 Å². The van der Waals surface area contributed by atoms with E-state index >= 15 is 0 Å². The first kappa shape index (κ1) is 19.2. The molecule has 0 aromatic carbocycles. The largest absolute Gasteiger partial charge is 0.355 e. The minimum Gasteiger partial charge on any atom is -0.355 e. The first-order valence-electron chi connectivity index (χ1n) is 8.88. The summed E-state index contributed by atoms with van der Waals surface area (Å²) in [7, 11) is 1.90. The number of aromatic nitrogens is 2. The Morgan fingerprint density at radius 1 is 1.20 bits per heavy atom. The van der Waals surface area contributed by atoms with Gasteiger partial charge in [-0.25, -0.2) is 0 Å². The maximum absolute atomic E-state index is 12.4. The third-order valence-electron chi connectivity index (χ3n) is 4.58. The molecule has 1 aromatic rings. The number of nitrogens with one attached hydrogen (secondary N) is 1. The van der Waals surface area contributed by atoms with Gasteiger partial charge in [0.1, 0.15) is 0 Å². The molecule has 2 rings (SSSR count). The van der Waals surface area contributed by atoms with E-state index < -0.39 is 0 Å². The zero-order valence-electron chi connectivity index (χ0n) is 15.7. The molecule has 7 nitrogen and oxygen atoms in total. The number of nitrogens with zero attached hydrogens (tertiary/aromatic N) is 4. The number of piperazine rings is 1. The van der Waals surface area contributed by atoms with E-state index in [1.54, 1.807) is 6.08 Å². The van der Waals surface area contributed by atoms with Crippen molar-refractivity contribution in [2.24, 2.45) is 7.05 Å². The first-order chi connectivity index (χ1) is 11.9. The second-order valence-electron chi connectivity index (χ2n) is 6.49. The molecule has 2 heterocycles. The lowest BCUT2D eigenvalue weighted by Crippen LogP contribution is -2.50. The van der Waals surface area contributed by atoms with Crippen molar-refractivity contribution in [2.75, 3.05) is 39.3 Å². The van der Waals surface area contributed by atoms with Crippen molar-refractivity contribution in [3.05, 3.63) is 23.0 Å². The average Bonchev–Trinajstić information content (AvgIpc) is 2.83. The molecule has 0 saturated carbocycles. The molecule has 0 aliphatic carbocycles. The third kappa shape index (κ3) is 5.16. The van der Waals surface area contributed by atoms with Crippen molar-refractivity contribution in [3.63, 3.8) is 0 Å². The van der Waals surface area contributed by atoms with Crippen molar-refractivity contribution in [2.45, 2.75) is 27.2 Å². The average molecular weight is 347 g/mol. The predicted molar refractivity (Wildman–Crippen MR) is 98.0 cm³/mol. The summed E-state index contributed by atoms with van der Waals surface area (Å²) in [5.41, 5.74) is 2.97. The van der Waals surface area contributed by atoms with Crippen LogP contribution in [0.15, 0.2) is 6.08 Å². The molecule has 1 aliphatic rings. The summed E-state index contributed by atoms with van der Waals surface area (Å²) in [6.07, 6.45) is 4.42. The highest BCUT2D eigenvalue weighted by Gasteiger charge is 2.21. The summed E-state index contributed by atoms with van der Waals surface area (Å²) in [5, 5.41) is 7.24. The van der Waals surface area contributed by atoms with Crippen molar-refractivity contribution >= 4 is 17.9 Å². The van der Waals surface area contributed by atoms with Crippen LogP contribution in [-0.2, 0) is 16.6 Å². The van der Waals surface area contributed by atoms with Crippen LogP contribution in [0.1, 0.15) is 30.3 Å². The van der Waals surface area contributed by atoms with Crippen LogP contribution in [0, 0.1) is 13.8 Å². The number of aryl methyl sites for hydroxylation is 2. The highest BCUT2D eigenvalue weighted by molar-refractivity contribution is 5.92. The van der Waals surface area contributed by atoms with Crippen LogP contribution in [0.5, 0.6) is 0 Å². The Hall–Kier alpha value is -2.15. The molecular weight excluding hydrogens is 318 g/mol. The van der Waals surface area contributed by atoms with Crippen molar-refractivity contribution in [3.8, 4) is 0 Å².